The van der Waals surface area contributed by atoms with Gasteiger partial charge in [-0.2, -0.15) is 0 Å². The molecule has 1 saturated heterocycles. The number of hydrogen-bond acceptors (Lipinski definition) is 4. The summed E-state index contributed by atoms with van der Waals surface area (Å²) in [6, 6.07) is 0.932. The van der Waals surface area contributed by atoms with E-state index in [2.05, 4.69) is 29.4 Å². The highest BCUT2D eigenvalue weighted by atomic mass is 16.5. The number of methoxy groups -OCH3 is 1. The maximum Gasteiger partial charge on any atom is 0.234 e. The van der Waals surface area contributed by atoms with Crippen LogP contribution >= 0.6 is 0 Å². The average Bonchev–Trinajstić information content (AvgIpc) is 2.50. The minimum Gasteiger partial charge on any atom is -0.385 e. The molecule has 21 heavy (non-hydrogen) atoms. The Morgan fingerprint density at radius 3 is 2.90 bits per heavy atom. The minimum absolute atomic E-state index is 0.140. The molecule has 124 valence electrons. The van der Waals surface area contributed by atoms with Crippen molar-refractivity contribution in [2.75, 3.05) is 39.9 Å². The molecule has 0 aliphatic carbocycles. The van der Waals surface area contributed by atoms with Crippen molar-refractivity contribution in [2.45, 2.75) is 58.0 Å². The molecule has 1 aliphatic rings. The van der Waals surface area contributed by atoms with Crippen LogP contribution in [0.2, 0.25) is 0 Å². The summed E-state index contributed by atoms with van der Waals surface area (Å²) in [5.41, 5.74) is 0. The number of carbonyl (C=O) groups excluding carboxylic acids is 1. The van der Waals surface area contributed by atoms with Crippen LogP contribution in [0.1, 0.15) is 46.0 Å². The van der Waals surface area contributed by atoms with Gasteiger partial charge in [0, 0.05) is 32.3 Å². The second-order valence-corrected chi connectivity index (χ2v) is 5.97. The molecule has 1 aliphatic heterocycles. The van der Waals surface area contributed by atoms with Crippen LogP contribution in [0.25, 0.3) is 0 Å². The molecule has 0 saturated carbocycles. The quantitative estimate of drug-likeness (QED) is 0.599. The van der Waals surface area contributed by atoms with Crippen LogP contribution in [0.5, 0.6) is 0 Å². The molecule has 1 amide bonds. The van der Waals surface area contributed by atoms with E-state index in [0.29, 0.717) is 31.8 Å². The summed E-state index contributed by atoms with van der Waals surface area (Å²) in [7, 11) is 1.69. The Labute approximate surface area is 129 Å². The lowest BCUT2D eigenvalue weighted by atomic mass is 9.96. The maximum atomic E-state index is 12.0. The molecular weight excluding hydrogens is 266 g/mol. The first-order chi connectivity index (χ1) is 10.2. The molecule has 1 heterocycles. The number of nitrogens with zero attached hydrogens (tertiary/aromatic N) is 1. The molecule has 0 aromatic heterocycles. The number of carbonyl (C=O) groups is 1. The van der Waals surface area contributed by atoms with Crippen LogP contribution in [0, 0.1) is 0 Å². The van der Waals surface area contributed by atoms with Crippen molar-refractivity contribution < 1.29 is 9.53 Å². The third-order valence-corrected chi connectivity index (χ3v) is 4.15. The number of amides is 1. The lowest BCUT2D eigenvalue weighted by Crippen LogP contribution is -2.53. The number of ether oxygens (including phenoxy) is 1. The Morgan fingerprint density at radius 2 is 2.19 bits per heavy atom. The van der Waals surface area contributed by atoms with Gasteiger partial charge in [-0.05, 0) is 45.7 Å². The summed E-state index contributed by atoms with van der Waals surface area (Å²) in [5, 5.41) is 6.56. The molecule has 0 radical (unpaired) electrons. The van der Waals surface area contributed by atoms with E-state index in [0.717, 1.165) is 25.9 Å². The lowest BCUT2D eigenvalue weighted by molar-refractivity contribution is -0.123. The Morgan fingerprint density at radius 1 is 1.38 bits per heavy atom. The van der Waals surface area contributed by atoms with Gasteiger partial charge in [-0.15, -0.1) is 0 Å². The third kappa shape index (κ3) is 7.25. The standard InChI is InChI=1S/C16H33N3O2/c1-4-9-17-14(2)15-8-5-6-11-19(15)13-16(20)18-10-7-12-21-3/h14-15,17H,4-13H2,1-3H3,(H,18,20). The predicted molar refractivity (Wildman–Crippen MR) is 86.5 cm³/mol. The van der Waals surface area contributed by atoms with Gasteiger partial charge in [0.05, 0.1) is 6.54 Å². The molecule has 5 heteroatoms. The van der Waals surface area contributed by atoms with Crippen LogP contribution in [0.15, 0.2) is 0 Å². The minimum atomic E-state index is 0.140. The molecule has 0 spiro atoms. The first-order valence-electron chi connectivity index (χ1n) is 8.42. The summed E-state index contributed by atoms with van der Waals surface area (Å²) < 4.78 is 4.99. The number of nitrogens with one attached hydrogen (secondary N) is 2. The Bertz CT molecular complexity index is 287. The Balaban J connectivity index is 2.36. The van der Waals surface area contributed by atoms with Crippen molar-refractivity contribution in [3.05, 3.63) is 0 Å². The first kappa shape index (κ1) is 18.4. The highest BCUT2D eigenvalue weighted by Gasteiger charge is 2.28. The van der Waals surface area contributed by atoms with E-state index in [1.807, 2.05) is 0 Å². The van der Waals surface area contributed by atoms with E-state index < -0.39 is 0 Å². The van der Waals surface area contributed by atoms with Gasteiger partial charge in [0.25, 0.3) is 0 Å². The molecule has 2 N–H and O–H groups in total. The van der Waals surface area contributed by atoms with Crippen LogP contribution in [0.4, 0.5) is 0 Å². The van der Waals surface area contributed by atoms with Crippen molar-refractivity contribution in [2.24, 2.45) is 0 Å². The van der Waals surface area contributed by atoms with Crippen molar-refractivity contribution >= 4 is 5.91 Å². The second-order valence-electron chi connectivity index (χ2n) is 5.97. The molecule has 2 unspecified atom stereocenters. The Kier molecular flexibility index (Phi) is 9.63. The summed E-state index contributed by atoms with van der Waals surface area (Å²) >= 11 is 0. The van der Waals surface area contributed by atoms with Crippen LogP contribution in [0.3, 0.4) is 0 Å². The zero-order chi connectivity index (χ0) is 15.5. The summed E-state index contributed by atoms with van der Waals surface area (Å²) in [5.74, 6) is 0.140. The van der Waals surface area contributed by atoms with Gasteiger partial charge >= 0.3 is 0 Å². The van der Waals surface area contributed by atoms with Crippen molar-refractivity contribution in [3.8, 4) is 0 Å². The van der Waals surface area contributed by atoms with E-state index in [4.69, 9.17) is 4.74 Å². The Hall–Kier alpha value is -0.650. The van der Waals surface area contributed by atoms with Gasteiger partial charge in [0.2, 0.25) is 5.91 Å². The van der Waals surface area contributed by atoms with Crippen molar-refractivity contribution in [3.63, 3.8) is 0 Å². The largest absolute Gasteiger partial charge is 0.385 e. The van der Waals surface area contributed by atoms with Crippen molar-refractivity contribution in [1.82, 2.24) is 15.5 Å². The molecule has 0 bridgehead atoms. The van der Waals surface area contributed by atoms with E-state index in [-0.39, 0.29) is 5.91 Å². The fourth-order valence-electron chi connectivity index (χ4n) is 2.97. The van der Waals surface area contributed by atoms with Crippen LogP contribution < -0.4 is 10.6 Å². The average molecular weight is 299 g/mol. The normalized spacial score (nSPS) is 21.2. The molecule has 5 nitrogen and oxygen atoms in total. The zero-order valence-corrected chi connectivity index (χ0v) is 14.0. The fourth-order valence-corrected chi connectivity index (χ4v) is 2.97. The maximum absolute atomic E-state index is 12.0. The molecule has 0 aromatic rings. The molecule has 2 atom stereocenters. The monoisotopic (exact) mass is 299 g/mol. The molecule has 0 aromatic carbocycles. The van der Waals surface area contributed by atoms with E-state index in [1.54, 1.807) is 7.11 Å². The lowest BCUT2D eigenvalue weighted by Gasteiger charge is -2.39. The molecule has 1 rings (SSSR count). The summed E-state index contributed by atoms with van der Waals surface area (Å²) in [6.07, 6.45) is 5.69. The topological polar surface area (TPSA) is 53.6 Å². The van der Waals surface area contributed by atoms with Gasteiger partial charge in [0.1, 0.15) is 0 Å². The van der Waals surface area contributed by atoms with Crippen molar-refractivity contribution in [1.29, 1.82) is 0 Å². The van der Waals surface area contributed by atoms with Crippen LogP contribution in [-0.4, -0.2) is 62.8 Å². The first-order valence-corrected chi connectivity index (χ1v) is 8.42. The SMILES string of the molecule is CCCNC(C)C1CCCCN1CC(=O)NCCCOC. The number of hydrogen-bond donors (Lipinski definition) is 2. The smallest absolute Gasteiger partial charge is 0.234 e. The van der Waals surface area contributed by atoms with Crippen LogP contribution in [-0.2, 0) is 9.53 Å². The highest BCUT2D eigenvalue weighted by Crippen LogP contribution is 2.19. The van der Waals surface area contributed by atoms with E-state index in [1.165, 1.54) is 19.3 Å². The van der Waals surface area contributed by atoms with Gasteiger partial charge < -0.3 is 15.4 Å². The molecule has 1 fully saturated rings. The zero-order valence-electron chi connectivity index (χ0n) is 14.0. The highest BCUT2D eigenvalue weighted by molar-refractivity contribution is 5.78. The predicted octanol–water partition coefficient (Wildman–Crippen LogP) is 1.38. The summed E-state index contributed by atoms with van der Waals surface area (Å²) in [4.78, 5) is 14.4. The number of likely N-dealkylation sites (tertiary alicyclic amines) is 1. The number of rotatable bonds is 10. The van der Waals surface area contributed by atoms with E-state index in [9.17, 15) is 4.79 Å². The number of piperidine rings is 1. The van der Waals surface area contributed by atoms with Gasteiger partial charge in [0.15, 0.2) is 0 Å². The van der Waals surface area contributed by atoms with Gasteiger partial charge in [-0.1, -0.05) is 13.3 Å². The third-order valence-electron chi connectivity index (χ3n) is 4.15. The molecular formula is C16H33N3O2. The van der Waals surface area contributed by atoms with E-state index >= 15 is 0 Å². The van der Waals surface area contributed by atoms with Gasteiger partial charge in [-0.3, -0.25) is 9.69 Å². The summed E-state index contributed by atoms with van der Waals surface area (Å²) in [6.45, 7) is 8.44. The van der Waals surface area contributed by atoms with Gasteiger partial charge in [-0.25, -0.2) is 0 Å². The second kappa shape index (κ2) is 11.0. The fraction of sp³-hybridized carbons (Fsp3) is 0.938.